The van der Waals surface area contributed by atoms with Gasteiger partial charge in [-0.25, -0.2) is 0 Å². The summed E-state index contributed by atoms with van der Waals surface area (Å²) in [5, 5.41) is 9.71. The first-order valence-electron chi connectivity index (χ1n) is 6.07. The third kappa shape index (κ3) is 2.00. The molecule has 0 saturated heterocycles. The van der Waals surface area contributed by atoms with Gasteiger partial charge >= 0.3 is 0 Å². The number of nitrogens with zero attached hydrogens (tertiary/aromatic N) is 1. The van der Waals surface area contributed by atoms with Crippen molar-refractivity contribution in [3.63, 3.8) is 0 Å². The van der Waals surface area contributed by atoms with Crippen molar-refractivity contribution in [1.29, 1.82) is 0 Å². The Hall–Kier alpha value is -1.45. The topological polar surface area (TPSA) is 23.5 Å². The summed E-state index contributed by atoms with van der Waals surface area (Å²) in [5.74, 6) is 0. The molecule has 1 heterocycles. The third-order valence-corrected chi connectivity index (χ3v) is 4.11. The standard InChI is InChI=1S/C15H15NOS/c1-11(17)10-16-12-6-2-4-8-14(12)18-15-9-5-3-7-13(15)16/h2-9,11,17H,10H2,1H3/t11-/m1/s1. The quantitative estimate of drug-likeness (QED) is 0.888. The molecule has 0 radical (unpaired) electrons. The minimum absolute atomic E-state index is 0.353. The molecule has 1 atom stereocenters. The Labute approximate surface area is 111 Å². The van der Waals surface area contributed by atoms with Gasteiger partial charge in [0.15, 0.2) is 0 Å². The SMILES string of the molecule is C[C@@H](O)CN1c2ccccc2Sc2ccccc21. The van der Waals surface area contributed by atoms with E-state index in [1.165, 1.54) is 21.2 Å². The largest absolute Gasteiger partial charge is 0.392 e. The van der Waals surface area contributed by atoms with Crippen molar-refractivity contribution in [3.8, 4) is 0 Å². The highest BCUT2D eigenvalue weighted by Gasteiger charge is 2.23. The van der Waals surface area contributed by atoms with Gasteiger partial charge < -0.3 is 10.0 Å². The summed E-state index contributed by atoms with van der Waals surface area (Å²) >= 11 is 1.79. The summed E-state index contributed by atoms with van der Waals surface area (Å²) < 4.78 is 0. The van der Waals surface area contributed by atoms with Crippen LogP contribution in [0.15, 0.2) is 58.3 Å². The Bertz CT molecular complexity index is 522. The zero-order valence-corrected chi connectivity index (χ0v) is 11.0. The monoisotopic (exact) mass is 257 g/mol. The van der Waals surface area contributed by atoms with Gasteiger partial charge in [0.2, 0.25) is 0 Å². The van der Waals surface area contributed by atoms with Crippen LogP contribution < -0.4 is 4.90 Å². The van der Waals surface area contributed by atoms with E-state index in [2.05, 4.69) is 41.3 Å². The van der Waals surface area contributed by atoms with Gasteiger partial charge in [0.1, 0.15) is 0 Å². The van der Waals surface area contributed by atoms with E-state index in [1.807, 2.05) is 19.1 Å². The van der Waals surface area contributed by atoms with Crippen LogP contribution in [0.2, 0.25) is 0 Å². The molecule has 0 spiro atoms. The summed E-state index contributed by atoms with van der Waals surface area (Å²) in [7, 11) is 0. The second kappa shape index (κ2) is 4.67. The van der Waals surface area contributed by atoms with Crippen molar-refractivity contribution in [2.24, 2.45) is 0 Å². The Morgan fingerprint density at radius 3 is 2.00 bits per heavy atom. The van der Waals surface area contributed by atoms with Crippen LogP contribution in [0.3, 0.4) is 0 Å². The maximum Gasteiger partial charge on any atom is 0.0691 e. The number of aliphatic hydroxyl groups excluding tert-OH is 1. The van der Waals surface area contributed by atoms with Crippen LogP contribution in [0.4, 0.5) is 11.4 Å². The molecule has 2 nitrogen and oxygen atoms in total. The minimum atomic E-state index is -0.353. The number of aliphatic hydroxyl groups is 1. The molecular formula is C15H15NOS. The fourth-order valence-electron chi connectivity index (χ4n) is 2.24. The smallest absolute Gasteiger partial charge is 0.0691 e. The number of para-hydroxylation sites is 2. The summed E-state index contributed by atoms with van der Waals surface area (Å²) in [5.41, 5.74) is 2.37. The van der Waals surface area contributed by atoms with E-state index in [-0.39, 0.29) is 6.10 Å². The fraction of sp³-hybridized carbons (Fsp3) is 0.200. The van der Waals surface area contributed by atoms with E-state index in [0.717, 1.165) is 0 Å². The predicted octanol–water partition coefficient (Wildman–Crippen LogP) is 3.67. The second-order valence-corrected chi connectivity index (χ2v) is 5.58. The molecule has 0 saturated carbocycles. The molecule has 0 aliphatic carbocycles. The van der Waals surface area contributed by atoms with Crippen LogP contribution in [0.1, 0.15) is 6.92 Å². The van der Waals surface area contributed by atoms with Crippen molar-refractivity contribution in [2.75, 3.05) is 11.4 Å². The molecule has 1 aliphatic heterocycles. The highest BCUT2D eigenvalue weighted by molar-refractivity contribution is 7.99. The Morgan fingerprint density at radius 2 is 1.50 bits per heavy atom. The molecule has 0 amide bonds. The number of hydrogen-bond donors (Lipinski definition) is 1. The lowest BCUT2D eigenvalue weighted by Crippen LogP contribution is -2.28. The van der Waals surface area contributed by atoms with Crippen molar-refractivity contribution >= 4 is 23.1 Å². The van der Waals surface area contributed by atoms with Crippen molar-refractivity contribution in [1.82, 2.24) is 0 Å². The molecular weight excluding hydrogens is 242 g/mol. The normalized spacial score (nSPS) is 14.9. The van der Waals surface area contributed by atoms with Crippen molar-refractivity contribution in [2.45, 2.75) is 22.8 Å². The lowest BCUT2D eigenvalue weighted by molar-refractivity contribution is 0.203. The molecule has 3 heteroatoms. The van der Waals surface area contributed by atoms with Gasteiger partial charge in [0.25, 0.3) is 0 Å². The highest BCUT2D eigenvalue weighted by atomic mass is 32.2. The molecule has 0 unspecified atom stereocenters. The molecule has 0 fully saturated rings. The summed E-state index contributed by atoms with van der Waals surface area (Å²) in [6.07, 6.45) is -0.353. The average molecular weight is 257 g/mol. The van der Waals surface area contributed by atoms with Crippen LogP contribution in [0.5, 0.6) is 0 Å². The van der Waals surface area contributed by atoms with Crippen molar-refractivity contribution in [3.05, 3.63) is 48.5 Å². The van der Waals surface area contributed by atoms with Crippen LogP contribution in [0, 0.1) is 0 Å². The fourth-order valence-corrected chi connectivity index (χ4v) is 3.34. The number of benzene rings is 2. The number of anilines is 2. The minimum Gasteiger partial charge on any atom is -0.392 e. The van der Waals surface area contributed by atoms with E-state index in [1.54, 1.807) is 11.8 Å². The van der Waals surface area contributed by atoms with Crippen LogP contribution >= 0.6 is 11.8 Å². The summed E-state index contributed by atoms with van der Waals surface area (Å²) in [4.78, 5) is 4.69. The molecule has 18 heavy (non-hydrogen) atoms. The molecule has 3 rings (SSSR count). The molecule has 92 valence electrons. The van der Waals surface area contributed by atoms with Crippen LogP contribution in [0.25, 0.3) is 0 Å². The molecule has 1 N–H and O–H groups in total. The molecule has 0 aromatic heterocycles. The van der Waals surface area contributed by atoms with Gasteiger partial charge in [-0.15, -0.1) is 0 Å². The maximum absolute atomic E-state index is 9.71. The van der Waals surface area contributed by atoms with Gasteiger partial charge in [-0.3, -0.25) is 0 Å². The summed E-state index contributed by atoms with van der Waals surface area (Å²) in [6.45, 7) is 2.45. The zero-order valence-electron chi connectivity index (χ0n) is 10.2. The second-order valence-electron chi connectivity index (χ2n) is 4.50. The lowest BCUT2D eigenvalue weighted by Gasteiger charge is -2.33. The summed E-state index contributed by atoms with van der Waals surface area (Å²) in [6, 6.07) is 16.7. The van der Waals surface area contributed by atoms with Crippen molar-refractivity contribution < 1.29 is 5.11 Å². The van der Waals surface area contributed by atoms with E-state index < -0.39 is 0 Å². The van der Waals surface area contributed by atoms with Gasteiger partial charge in [-0.2, -0.15) is 0 Å². The van der Waals surface area contributed by atoms with E-state index in [9.17, 15) is 5.11 Å². The molecule has 2 aromatic rings. The van der Waals surface area contributed by atoms with E-state index in [4.69, 9.17) is 0 Å². The highest BCUT2D eigenvalue weighted by Crippen LogP contribution is 2.47. The van der Waals surface area contributed by atoms with Gasteiger partial charge in [0, 0.05) is 16.3 Å². The molecule has 1 aliphatic rings. The number of hydrogen-bond acceptors (Lipinski definition) is 3. The first-order valence-corrected chi connectivity index (χ1v) is 6.89. The van der Waals surface area contributed by atoms with E-state index in [0.29, 0.717) is 6.54 Å². The Balaban J connectivity index is 2.11. The van der Waals surface area contributed by atoms with Crippen LogP contribution in [-0.2, 0) is 0 Å². The van der Waals surface area contributed by atoms with E-state index >= 15 is 0 Å². The first-order chi connectivity index (χ1) is 8.75. The Morgan fingerprint density at radius 1 is 1.00 bits per heavy atom. The predicted molar refractivity (Wildman–Crippen MR) is 75.7 cm³/mol. The van der Waals surface area contributed by atoms with Gasteiger partial charge in [-0.05, 0) is 31.2 Å². The molecule has 2 aromatic carbocycles. The first kappa shape index (κ1) is 11.6. The maximum atomic E-state index is 9.71. The number of rotatable bonds is 2. The van der Waals surface area contributed by atoms with Gasteiger partial charge in [-0.1, -0.05) is 36.0 Å². The third-order valence-electron chi connectivity index (χ3n) is 2.98. The lowest BCUT2D eigenvalue weighted by atomic mass is 10.2. The van der Waals surface area contributed by atoms with Crippen LogP contribution in [-0.4, -0.2) is 17.8 Å². The average Bonchev–Trinajstić information content (AvgIpc) is 2.38. The van der Waals surface area contributed by atoms with Gasteiger partial charge in [0.05, 0.1) is 17.5 Å². The Kier molecular flexibility index (Phi) is 3.02. The zero-order chi connectivity index (χ0) is 12.5. The number of fused-ring (bicyclic) bond motifs is 2. The number of β-amino-alcohol motifs (C(OH)–C–C–N with tert-alkyl or cyclic N) is 1. The molecule has 0 bridgehead atoms.